The largest absolute Gasteiger partial charge is 0.454 e. The summed E-state index contributed by atoms with van der Waals surface area (Å²) >= 11 is 0. The number of carbonyl (C=O) groups excluding carboxylic acids is 2. The van der Waals surface area contributed by atoms with Gasteiger partial charge in [0.25, 0.3) is 11.8 Å². The quantitative estimate of drug-likeness (QED) is 0.670. The number of nitrogens with one attached hydrogen (secondary N) is 2. The monoisotopic (exact) mass is 324 g/mol. The summed E-state index contributed by atoms with van der Waals surface area (Å²) in [7, 11) is 0. The minimum absolute atomic E-state index is 0.202. The molecule has 0 bridgehead atoms. The SMILES string of the molecule is Cc1ccccc1C(=O)NNC(=O)/C=C/c1ccc2c(c1)OCO2. The summed E-state index contributed by atoms with van der Waals surface area (Å²) in [6.45, 7) is 2.03. The van der Waals surface area contributed by atoms with E-state index in [1.54, 1.807) is 30.3 Å². The van der Waals surface area contributed by atoms with Gasteiger partial charge >= 0.3 is 0 Å². The van der Waals surface area contributed by atoms with Crippen molar-refractivity contribution in [3.63, 3.8) is 0 Å². The Bertz CT molecular complexity index is 814. The molecular formula is C18H16N2O4. The summed E-state index contributed by atoms with van der Waals surface area (Å²) in [5.41, 5.74) is 6.87. The summed E-state index contributed by atoms with van der Waals surface area (Å²) in [4.78, 5) is 23.8. The third kappa shape index (κ3) is 3.55. The number of benzene rings is 2. The summed E-state index contributed by atoms with van der Waals surface area (Å²) in [5, 5.41) is 0. The van der Waals surface area contributed by atoms with Crippen LogP contribution in [-0.4, -0.2) is 18.6 Å². The molecule has 2 aromatic carbocycles. The van der Waals surface area contributed by atoms with E-state index in [0.29, 0.717) is 17.1 Å². The molecule has 3 rings (SSSR count). The predicted molar refractivity (Wildman–Crippen MR) is 88.4 cm³/mol. The molecule has 0 saturated heterocycles. The highest BCUT2D eigenvalue weighted by molar-refractivity contribution is 5.98. The highest BCUT2D eigenvalue weighted by Gasteiger charge is 2.12. The molecule has 1 aliphatic heterocycles. The zero-order valence-corrected chi connectivity index (χ0v) is 13.0. The number of carbonyl (C=O) groups is 2. The Morgan fingerprint density at radius 2 is 1.83 bits per heavy atom. The van der Waals surface area contributed by atoms with Crippen LogP contribution in [0.2, 0.25) is 0 Å². The minimum Gasteiger partial charge on any atom is -0.454 e. The van der Waals surface area contributed by atoms with Crippen LogP contribution < -0.4 is 20.3 Å². The van der Waals surface area contributed by atoms with Gasteiger partial charge in [0.15, 0.2) is 11.5 Å². The van der Waals surface area contributed by atoms with Crippen LogP contribution in [0.25, 0.3) is 6.08 Å². The third-order valence-corrected chi connectivity index (χ3v) is 3.51. The average Bonchev–Trinajstić information content (AvgIpc) is 3.06. The van der Waals surface area contributed by atoms with Gasteiger partial charge in [-0.3, -0.25) is 20.4 Å². The summed E-state index contributed by atoms with van der Waals surface area (Å²) < 4.78 is 10.5. The first-order valence-corrected chi connectivity index (χ1v) is 7.37. The maximum atomic E-state index is 12.0. The van der Waals surface area contributed by atoms with Crippen molar-refractivity contribution in [1.29, 1.82) is 0 Å². The van der Waals surface area contributed by atoms with Crippen LogP contribution in [0, 0.1) is 6.92 Å². The molecular weight excluding hydrogens is 308 g/mol. The summed E-state index contributed by atoms with van der Waals surface area (Å²) in [6, 6.07) is 12.5. The topological polar surface area (TPSA) is 76.7 Å². The number of hydrogen-bond donors (Lipinski definition) is 2. The molecule has 1 heterocycles. The molecule has 0 spiro atoms. The van der Waals surface area contributed by atoms with Gasteiger partial charge in [-0.15, -0.1) is 0 Å². The molecule has 0 fully saturated rings. The number of hydrazine groups is 1. The molecule has 0 atom stereocenters. The van der Waals surface area contributed by atoms with Crippen LogP contribution in [0.5, 0.6) is 11.5 Å². The fourth-order valence-electron chi connectivity index (χ4n) is 2.24. The first kappa shape index (κ1) is 15.6. The first-order valence-electron chi connectivity index (χ1n) is 7.37. The molecule has 0 aliphatic carbocycles. The Kier molecular flexibility index (Phi) is 4.47. The zero-order valence-electron chi connectivity index (χ0n) is 13.0. The molecule has 1 aliphatic rings. The maximum Gasteiger partial charge on any atom is 0.269 e. The normalized spacial score (nSPS) is 12.2. The van der Waals surface area contributed by atoms with Gasteiger partial charge in [-0.2, -0.15) is 0 Å². The number of hydrogen-bond acceptors (Lipinski definition) is 4. The molecule has 0 radical (unpaired) electrons. The number of rotatable bonds is 3. The Labute approximate surface area is 139 Å². The van der Waals surface area contributed by atoms with Crippen LogP contribution in [0.4, 0.5) is 0 Å². The number of ether oxygens (including phenoxy) is 2. The van der Waals surface area contributed by atoms with E-state index in [2.05, 4.69) is 10.9 Å². The molecule has 2 N–H and O–H groups in total. The van der Waals surface area contributed by atoms with Crippen molar-refractivity contribution in [2.45, 2.75) is 6.92 Å². The third-order valence-electron chi connectivity index (χ3n) is 3.51. The van der Waals surface area contributed by atoms with Crippen molar-refractivity contribution in [2.24, 2.45) is 0 Å². The van der Waals surface area contributed by atoms with Crippen LogP contribution in [0.15, 0.2) is 48.5 Å². The molecule has 0 aromatic heterocycles. The van der Waals surface area contributed by atoms with Crippen molar-refractivity contribution >= 4 is 17.9 Å². The van der Waals surface area contributed by atoms with Crippen LogP contribution in [-0.2, 0) is 4.79 Å². The summed E-state index contributed by atoms with van der Waals surface area (Å²) in [5.74, 6) is 0.528. The molecule has 2 amide bonds. The van der Waals surface area contributed by atoms with E-state index in [1.165, 1.54) is 6.08 Å². The van der Waals surface area contributed by atoms with Crippen LogP contribution >= 0.6 is 0 Å². The Morgan fingerprint density at radius 1 is 1.04 bits per heavy atom. The summed E-state index contributed by atoms with van der Waals surface area (Å²) in [6.07, 6.45) is 2.95. The highest BCUT2D eigenvalue weighted by atomic mass is 16.7. The maximum absolute atomic E-state index is 12.0. The van der Waals surface area contributed by atoms with Crippen molar-refractivity contribution in [3.05, 3.63) is 65.2 Å². The van der Waals surface area contributed by atoms with E-state index in [9.17, 15) is 9.59 Å². The standard InChI is InChI=1S/C18H16N2O4/c1-12-4-2-3-5-14(12)18(22)20-19-17(21)9-7-13-6-8-15-16(10-13)24-11-23-15/h2-10H,11H2,1H3,(H,19,21)(H,20,22)/b9-7+. The van der Waals surface area contributed by atoms with Crippen molar-refractivity contribution in [3.8, 4) is 11.5 Å². The van der Waals surface area contributed by atoms with Gasteiger partial charge in [0.2, 0.25) is 6.79 Å². The lowest BCUT2D eigenvalue weighted by Crippen LogP contribution is -2.41. The molecule has 122 valence electrons. The Balaban J connectivity index is 1.56. The van der Waals surface area contributed by atoms with E-state index in [1.807, 2.05) is 25.1 Å². The van der Waals surface area contributed by atoms with Gasteiger partial charge in [0.05, 0.1) is 0 Å². The second kappa shape index (κ2) is 6.87. The molecule has 2 aromatic rings. The second-order valence-corrected chi connectivity index (χ2v) is 5.20. The van der Waals surface area contributed by atoms with Gasteiger partial charge in [0.1, 0.15) is 0 Å². The molecule has 0 unspecified atom stereocenters. The molecule has 6 nitrogen and oxygen atoms in total. The lowest BCUT2D eigenvalue weighted by molar-refractivity contribution is -0.117. The number of amides is 2. The predicted octanol–water partition coefficient (Wildman–Crippen LogP) is 2.20. The highest BCUT2D eigenvalue weighted by Crippen LogP contribution is 2.32. The first-order chi connectivity index (χ1) is 11.6. The molecule has 24 heavy (non-hydrogen) atoms. The number of fused-ring (bicyclic) bond motifs is 1. The fraction of sp³-hybridized carbons (Fsp3) is 0.111. The van der Waals surface area contributed by atoms with Crippen molar-refractivity contribution < 1.29 is 19.1 Å². The van der Waals surface area contributed by atoms with Crippen LogP contribution in [0.3, 0.4) is 0 Å². The van der Waals surface area contributed by atoms with Gasteiger partial charge in [-0.1, -0.05) is 24.3 Å². The van der Waals surface area contributed by atoms with Gasteiger partial charge in [0, 0.05) is 11.6 Å². The molecule has 6 heteroatoms. The minimum atomic E-state index is -0.436. The Morgan fingerprint density at radius 3 is 2.67 bits per heavy atom. The number of aryl methyl sites for hydroxylation is 1. The van der Waals surface area contributed by atoms with Crippen molar-refractivity contribution in [1.82, 2.24) is 10.9 Å². The average molecular weight is 324 g/mol. The molecule has 0 saturated carbocycles. The zero-order chi connectivity index (χ0) is 16.9. The lowest BCUT2D eigenvalue weighted by Gasteiger charge is -2.07. The van der Waals surface area contributed by atoms with E-state index in [4.69, 9.17) is 9.47 Å². The van der Waals surface area contributed by atoms with E-state index >= 15 is 0 Å². The van der Waals surface area contributed by atoms with Gasteiger partial charge in [-0.25, -0.2) is 0 Å². The lowest BCUT2D eigenvalue weighted by atomic mass is 10.1. The second-order valence-electron chi connectivity index (χ2n) is 5.20. The van der Waals surface area contributed by atoms with Gasteiger partial charge in [-0.05, 0) is 42.3 Å². The van der Waals surface area contributed by atoms with E-state index < -0.39 is 5.91 Å². The smallest absolute Gasteiger partial charge is 0.269 e. The van der Waals surface area contributed by atoms with Crippen molar-refractivity contribution in [2.75, 3.05) is 6.79 Å². The fourth-order valence-corrected chi connectivity index (χ4v) is 2.24. The van der Waals surface area contributed by atoms with Crippen LogP contribution in [0.1, 0.15) is 21.5 Å². The Hall–Kier alpha value is -3.28. The van der Waals surface area contributed by atoms with E-state index in [-0.39, 0.29) is 12.7 Å². The van der Waals surface area contributed by atoms with E-state index in [0.717, 1.165) is 11.1 Å². The van der Waals surface area contributed by atoms with Gasteiger partial charge < -0.3 is 9.47 Å².